The highest BCUT2D eigenvalue weighted by Crippen LogP contribution is 2.30. The summed E-state index contributed by atoms with van der Waals surface area (Å²) in [6.07, 6.45) is -3.74. The van der Waals surface area contributed by atoms with Gasteiger partial charge in [0.2, 0.25) is 0 Å². The van der Waals surface area contributed by atoms with Crippen LogP contribution in [0.4, 0.5) is 22.4 Å². The highest BCUT2D eigenvalue weighted by molar-refractivity contribution is 5.94. The van der Waals surface area contributed by atoms with E-state index in [1.165, 1.54) is 0 Å². The Morgan fingerprint density at radius 1 is 1.20 bits per heavy atom. The molecule has 2 aliphatic heterocycles. The first-order valence-electron chi connectivity index (χ1n) is 9.08. The molecule has 0 radical (unpaired) electrons. The van der Waals surface area contributed by atoms with Crippen molar-refractivity contribution in [2.24, 2.45) is 5.73 Å². The zero-order valence-corrected chi connectivity index (χ0v) is 15.8. The molecule has 0 aromatic heterocycles. The minimum Gasteiger partial charge on any atom is -0.475 e. The summed E-state index contributed by atoms with van der Waals surface area (Å²) < 4.78 is 46.2. The van der Waals surface area contributed by atoms with Crippen molar-refractivity contribution in [2.45, 2.75) is 30.7 Å². The maximum Gasteiger partial charge on any atom is 0.490 e. The van der Waals surface area contributed by atoms with Crippen LogP contribution in [0.15, 0.2) is 24.3 Å². The third-order valence-electron chi connectivity index (χ3n) is 4.81. The Balaban J connectivity index is 0.000000396. The monoisotopic (exact) mass is 434 g/mol. The first-order chi connectivity index (χ1) is 13.9. The molecule has 0 aliphatic carbocycles. The number of nitrogens with two attached hydrogens (primary N) is 1. The molecule has 0 spiro atoms. The average Bonchev–Trinajstić information content (AvgIpc) is 2.65. The fraction of sp³-hybridized carbons (Fsp3) is 0.500. The van der Waals surface area contributed by atoms with E-state index in [4.69, 9.17) is 15.6 Å². The number of piperidine rings is 1. The fourth-order valence-corrected chi connectivity index (χ4v) is 3.09. The lowest BCUT2D eigenvalue weighted by molar-refractivity contribution is -0.192. The Morgan fingerprint density at radius 3 is 2.20 bits per heavy atom. The number of rotatable bonds is 3. The third kappa shape index (κ3) is 6.05. The van der Waals surface area contributed by atoms with Crippen LogP contribution < -0.4 is 16.4 Å². The number of carboxylic acids is 1. The number of amides is 3. The average molecular weight is 434 g/mol. The van der Waals surface area contributed by atoms with Crippen LogP contribution in [0.25, 0.3) is 0 Å². The molecule has 3 rings (SSSR count). The minimum atomic E-state index is -5.08. The second-order valence-electron chi connectivity index (χ2n) is 7.03. The molecule has 0 unspecified atom stereocenters. The SMILES string of the molecule is NC(=O)NC1CCN(C(=O)c2cccc(C3(F)CNC3)c2)CC1.O=C(O)C(F)(F)F. The smallest absolute Gasteiger partial charge is 0.475 e. The number of alkyl halides is 4. The number of primary amides is 1. The van der Waals surface area contributed by atoms with Gasteiger partial charge in [0.25, 0.3) is 5.91 Å². The summed E-state index contributed by atoms with van der Waals surface area (Å²) in [6, 6.07) is 6.29. The van der Waals surface area contributed by atoms with E-state index in [1.807, 2.05) is 0 Å². The van der Waals surface area contributed by atoms with Crippen LogP contribution in [0.1, 0.15) is 28.8 Å². The lowest BCUT2D eigenvalue weighted by atomic mass is 9.89. The van der Waals surface area contributed by atoms with Gasteiger partial charge in [-0.05, 0) is 30.5 Å². The molecule has 3 amide bonds. The van der Waals surface area contributed by atoms with Gasteiger partial charge in [0.05, 0.1) is 0 Å². The van der Waals surface area contributed by atoms with E-state index in [1.54, 1.807) is 29.2 Å². The normalized spacial score (nSPS) is 18.5. The summed E-state index contributed by atoms with van der Waals surface area (Å²) in [6.45, 7) is 1.68. The van der Waals surface area contributed by atoms with Crippen molar-refractivity contribution in [3.05, 3.63) is 35.4 Å². The van der Waals surface area contributed by atoms with Crippen LogP contribution in [-0.2, 0) is 10.5 Å². The molecule has 2 fully saturated rings. The van der Waals surface area contributed by atoms with Crippen LogP contribution in [0.2, 0.25) is 0 Å². The highest BCUT2D eigenvalue weighted by atomic mass is 19.4. The van der Waals surface area contributed by atoms with Crippen molar-refractivity contribution in [3.8, 4) is 0 Å². The maximum absolute atomic E-state index is 14.5. The minimum absolute atomic E-state index is 0.0121. The van der Waals surface area contributed by atoms with E-state index < -0.39 is 23.8 Å². The number of urea groups is 1. The molecule has 5 N–H and O–H groups in total. The lowest BCUT2D eigenvalue weighted by Crippen LogP contribution is -2.53. The van der Waals surface area contributed by atoms with Crippen LogP contribution in [-0.4, -0.2) is 66.3 Å². The summed E-state index contributed by atoms with van der Waals surface area (Å²) in [5.41, 5.74) is 4.80. The zero-order valence-electron chi connectivity index (χ0n) is 15.8. The quantitative estimate of drug-likeness (QED) is 0.535. The van der Waals surface area contributed by atoms with Crippen LogP contribution >= 0.6 is 0 Å². The summed E-state index contributed by atoms with van der Waals surface area (Å²) >= 11 is 0. The Morgan fingerprint density at radius 2 is 1.77 bits per heavy atom. The van der Waals surface area contributed by atoms with Gasteiger partial charge in [0.1, 0.15) is 0 Å². The van der Waals surface area contributed by atoms with Gasteiger partial charge in [0, 0.05) is 37.8 Å². The van der Waals surface area contributed by atoms with Crippen molar-refractivity contribution >= 4 is 17.9 Å². The van der Waals surface area contributed by atoms with Crippen molar-refractivity contribution in [1.82, 2.24) is 15.5 Å². The maximum atomic E-state index is 14.5. The predicted molar refractivity (Wildman–Crippen MR) is 97.4 cm³/mol. The standard InChI is InChI=1S/C16H21FN4O2.C2HF3O2/c17-16(9-19-10-16)12-3-1-2-11(8-12)14(22)21-6-4-13(5-7-21)20-15(18)23;3-2(4,5)1(6)7/h1-3,8,13,19H,4-7,9-10H2,(H3,18,20,23);(H,6,7). The van der Waals surface area contributed by atoms with Crippen LogP contribution in [0, 0.1) is 0 Å². The largest absolute Gasteiger partial charge is 0.490 e. The van der Waals surface area contributed by atoms with Crippen molar-refractivity contribution < 1.29 is 37.1 Å². The molecule has 2 aliphatic rings. The summed E-state index contributed by atoms with van der Waals surface area (Å²) in [5, 5.41) is 12.7. The Bertz CT molecular complexity index is 791. The number of hydrogen-bond acceptors (Lipinski definition) is 4. The van der Waals surface area contributed by atoms with E-state index in [0.717, 1.165) is 0 Å². The Kier molecular flexibility index (Phi) is 7.24. The van der Waals surface area contributed by atoms with E-state index in [2.05, 4.69) is 10.6 Å². The third-order valence-corrected chi connectivity index (χ3v) is 4.81. The zero-order chi connectivity index (χ0) is 22.5. The number of nitrogens with zero attached hydrogens (tertiary/aromatic N) is 1. The molecule has 8 nitrogen and oxygen atoms in total. The highest BCUT2D eigenvalue weighted by Gasteiger charge is 2.39. The van der Waals surface area contributed by atoms with E-state index in [0.29, 0.717) is 37.1 Å². The first kappa shape index (κ1) is 23.4. The van der Waals surface area contributed by atoms with Gasteiger partial charge in [-0.1, -0.05) is 12.1 Å². The summed E-state index contributed by atoms with van der Waals surface area (Å²) in [5.74, 6) is -2.85. The molecular weight excluding hydrogens is 412 g/mol. The molecule has 2 heterocycles. The van der Waals surface area contributed by atoms with Gasteiger partial charge in [-0.3, -0.25) is 4.79 Å². The van der Waals surface area contributed by atoms with E-state index >= 15 is 0 Å². The molecule has 1 aromatic rings. The Labute approximate surface area is 169 Å². The summed E-state index contributed by atoms with van der Waals surface area (Å²) in [7, 11) is 0. The van der Waals surface area contributed by atoms with Crippen molar-refractivity contribution in [1.29, 1.82) is 0 Å². The molecule has 30 heavy (non-hydrogen) atoms. The topological polar surface area (TPSA) is 125 Å². The number of hydrogen-bond donors (Lipinski definition) is 4. The molecule has 12 heteroatoms. The number of carbonyl (C=O) groups excluding carboxylic acids is 2. The molecule has 2 saturated heterocycles. The number of carbonyl (C=O) groups is 3. The van der Waals surface area contributed by atoms with Crippen LogP contribution in [0.5, 0.6) is 0 Å². The van der Waals surface area contributed by atoms with Gasteiger partial charge in [-0.15, -0.1) is 0 Å². The van der Waals surface area contributed by atoms with Gasteiger partial charge < -0.3 is 26.4 Å². The van der Waals surface area contributed by atoms with Gasteiger partial charge in [-0.2, -0.15) is 13.2 Å². The lowest BCUT2D eigenvalue weighted by Gasteiger charge is -2.36. The fourth-order valence-electron chi connectivity index (χ4n) is 3.09. The second kappa shape index (κ2) is 9.28. The molecule has 166 valence electrons. The number of likely N-dealkylation sites (tertiary alicyclic amines) is 1. The van der Waals surface area contributed by atoms with Gasteiger partial charge in [0.15, 0.2) is 5.67 Å². The molecule has 0 saturated carbocycles. The molecule has 0 bridgehead atoms. The number of aliphatic carboxylic acids is 1. The number of nitrogens with one attached hydrogen (secondary N) is 2. The first-order valence-corrected chi connectivity index (χ1v) is 9.08. The van der Waals surface area contributed by atoms with E-state index in [9.17, 15) is 27.2 Å². The Hall–Kier alpha value is -2.89. The van der Waals surface area contributed by atoms with Gasteiger partial charge in [-0.25, -0.2) is 14.0 Å². The second-order valence-corrected chi connectivity index (χ2v) is 7.03. The summed E-state index contributed by atoms with van der Waals surface area (Å²) in [4.78, 5) is 34.1. The number of halogens is 4. The molecule has 1 aromatic carbocycles. The molecular formula is C18H22F4N4O4. The molecule has 0 atom stereocenters. The van der Waals surface area contributed by atoms with Crippen molar-refractivity contribution in [3.63, 3.8) is 0 Å². The van der Waals surface area contributed by atoms with Crippen molar-refractivity contribution in [2.75, 3.05) is 26.2 Å². The van der Waals surface area contributed by atoms with Crippen LogP contribution in [0.3, 0.4) is 0 Å². The number of carboxylic acid groups (broad SMARTS) is 1. The van der Waals surface area contributed by atoms with E-state index in [-0.39, 0.29) is 25.0 Å². The van der Waals surface area contributed by atoms with Gasteiger partial charge >= 0.3 is 18.2 Å². The number of benzene rings is 1. The predicted octanol–water partition coefficient (Wildman–Crippen LogP) is 1.36.